The maximum Gasteiger partial charge on any atom is 0.0989 e. The van der Waals surface area contributed by atoms with Crippen LogP contribution in [0.5, 0.6) is 0 Å². The van der Waals surface area contributed by atoms with E-state index in [-0.39, 0.29) is 0 Å². The van der Waals surface area contributed by atoms with Gasteiger partial charge in [0.05, 0.1) is 11.6 Å². The van der Waals surface area contributed by atoms with E-state index in [0.717, 1.165) is 25.4 Å². The van der Waals surface area contributed by atoms with Crippen molar-refractivity contribution in [2.75, 3.05) is 26.0 Å². The number of unbranched alkanes of at least 4 members (excludes halogenated alkanes) is 1. The third kappa shape index (κ3) is 5.85. The fourth-order valence-electron chi connectivity index (χ4n) is 1.59. The van der Waals surface area contributed by atoms with Crippen LogP contribution in [0, 0.1) is 6.92 Å². The summed E-state index contributed by atoms with van der Waals surface area (Å²) >= 11 is 1.86. The molecule has 1 aromatic heterocycles. The molecule has 1 aromatic rings. The highest BCUT2D eigenvalue weighted by molar-refractivity contribution is 7.99. The monoisotopic (exact) mass is 268 g/mol. The standard InChI is InChI=1S/C14H24N2OS/c1-4-5-8-18-14-12(2)9-13(11-16-14)10-15-6-7-17-3/h9,11,15H,4-8,10H2,1-3H3. The highest BCUT2D eigenvalue weighted by atomic mass is 32.2. The predicted molar refractivity (Wildman–Crippen MR) is 78.2 cm³/mol. The lowest BCUT2D eigenvalue weighted by atomic mass is 10.2. The Morgan fingerprint density at radius 1 is 1.44 bits per heavy atom. The average molecular weight is 268 g/mol. The number of aromatic nitrogens is 1. The molecule has 4 heteroatoms. The number of methoxy groups -OCH3 is 1. The van der Waals surface area contributed by atoms with Gasteiger partial charge in [-0.3, -0.25) is 0 Å². The van der Waals surface area contributed by atoms with E-state index >= 15 is 0 Å². The predicted octanol–water partition coefficient (Wildman–Crippen LogP) is 3.02. The van der Waals surface area contributed by atoms with Crippen LogP contribution in [0.1, 0.15) is 30.9 Å². The summed E-state index contributed by atoms with van der Waals surface area (Å²) in [4.78, 5) is 4.54. The van der Waals surface area contributed by atoms with Crippen LogP contribution in [0.2, 0.25) is 0 Å². The van der Waals surface area contributed by atoms with E-state index in [0.29, 0.717) is 0 Å². The van der Waals surface area contributed by atoms with Gasteiger partial charge in [-0.1, -0.05) is 19.4 Å². The Balaban J connectivity index is 2.41. The van der Waals surface area contributed by atoms with Gasteiger partial charge in [0.15, 0.2) is 0 Å². The molecule has 0 aliphatic heterocycles. The van der Waals surface area contributed by atoms with Gasteiger partial charge in [0.25, 0.3) is 0 Å². The Morgan fingerprint density at radius 3 is 2.94 bits per heavy atom. The highest BCUT2D eigenvalue weighted by Gasteiger charge is 2.02. The first kappa shape index (κ1) is 15.5. The molecule has 0 atom stereocenters. The topological polar surface area (TPSA) is 34.2 Å². The number of nitrogens with zero attached hydrogens (tertiary/aromatic N) is 1. The second-order valence-corrected chi connectivity index (χ2v) is 5.42. The van der Waals surface area contributed by atoms with Gasteiger partial charge in [-0.05, 0) is 30.2 Å². The molecule has 0 saturated carbocycles. The molecule has 0 saturated heterocycles. The molecule has 0 amide bonds. The molecule has 18 heavy (non-hydrogen) atoms. The molecule has 102 valence electrons. The first-order chi connectivity index (χ1) is 8.77. The summed E-state index contributed by atoms with van der Waals surface area (Å²) in [5, 5.41) is 4.50. The fourth-order valence-corrected chi connectivity index (χ4v) is 2.63. The lowest BCUT2D eigenvalue weighted by Crippen LogP contribution is -2.18. The highest BCUT2D eigenvalue weighted by Crippen LogP contribution is 2.21. The maximum absolute atomic E-state index is 5.00. The van der Waals surface area contributed by atoms with E-state index in [1.807, 2.05) is 18.0 Å². The summed E-state index contributed by atoms with van der Waals surface area (Å²) in [7, 11) is 1.72. The lowest BCUT2D eigenvalue weighted by Gasteiger charge is -2.08. The van der Waals surface area contributed by atoms with Gasteiger partial charge in [-0.2, -0.15) is 0 Å². The zero-order chi connectivity index (χ0) is 13.2. The van der Waals surface area contributed by atoms with Gasteiger partial charge in [0.2, 0.25) is 0 Å². The minimum Gasteiger partial charge on any atom is -0.383 e. The van der Waals surface area contributed by atoms with Crippen LogP contribution in [0.4, 0.5) is 0 Å². The van der Waals surface area contributed by atoms with Crippen molar-refractivity contribution < 1.29 is 4.74 Å². The summed E-state index contributed by atoms with van der Waals surface area (Å²) in [5.41, 5.74) is 2.52. The van der Waals surface area contributed by atoms with E-state index in [4.69, 9.17) is 4.74 Å². The van der Waals surface area contributed by atoms with Crippen molar-refractivity contribution in [3.8, 4) is 0 Å². The van der Waals surface area contributed by atoms with Crippen molar-refractivity contribution >= 4 is 11.8 Å². The van der Waals surface area contributed by atoms with Crippen molar-refractivity contribution in [3.63, 3.8) is 0 Å². The number of hydrogen-bond donors (Lipinski definition) is 1. The van der Waals surface area contributed by atoms with E-state index < -0.39 is 0 Å². The molecular weight excluding hydrogens is 244 g/mol. The van der Waals surface area contributed by atoms with Crippen LogP contribution in [-0.4, -0.2) is 31.0 Å². The molecule has 3 nitrogen and oxygen atoms in total. The number of aryl methyl sites for hydroxylation is 1. The summed E-state index contributed by atoms with van der Waals surface area (Å²) in [5.74, 6) is 1.16. The van der Waals surface area contributed by atoms with Gasteiger partial charge >= 0.3 is 0 Å². The second-order valence-electron chi connectivity index (χ2n) is 4.34. The van der Waals surface area contributed by atoms with Gasteiger partial charge in [-0.15, -0.1) is 11.8 Å². The van der Waals surface area contributed by atoms with E-state index in [1.54, 1.807) is 7.11 Å². The number of nitrogens with one attached hydrogen (secondary N) is 1. The van der Waals surface area contributed by atoms with Crippen LogP contribution in [-0.2, 0) is 11.3 Å². The molecule has 0 aromatic carbocycles. The number of thioether (sulfide) groups is 1. The van der Waals surface area contributed by atoms with Gasteiger partial charge in [-0.25, -0.2) is 4.98 Å². The first-order valence-electron chi connectivity index (χ1n) is 6.56. The molecule has 1 N–H and O–H groups in total. The molecule has 0 aliphatic rings. The van der Waals surface area contributed by atoms with E-state index in [9.17, 15) is 0 Å². The number of ether oxygens (including phenoxy) is 1. The summed E-state index contributed by atoms with van der Waals surface area (Å²) < 4.78 is 5.00. The number of hydrogen-bond acceptors (Lipinski definition) is 4. The van der Waals surface area contributed by atoms with Crippen molar-refractivity contribution in [1.29, 1.82) is 0 Å². The Hall–Kier alpha value is -0.580. The minimum atomic E-state index is 0.747. The van der Waals surface area contributed by atoms with Gasteiger partial charge in [0, 0.05) is 26.4 Å². The second kappa shape index (κ2) is 9.36. The molecule has 1 heterocycles. The lowest BCUT2D eigenvalue weighted by molar-refractivity contribution is 0.199. The Bertz CT molecular complexity index is 345. The number of pyridine rings is 1. The van der Waals surface area contributed by atoms with Crippen molar-refractivity contribution in [2.45, 2.75) is 38.3 Å². The molecular formula is C14H24N2OS. The molecule has 0 radical (unpaired) electrons. The SMILES string of the molecule is CCCCSc1ncc(CNCCOC)cc1C. The molecule has 0 aliphatic carbocycles. The molecule has 0 unspecified atom stereocenters. The van der Waals surface area contributed by atoms with Crippen molar-refractivity contribution in [1.82, 2.24) is 10.3 Å². The van der Waals surface area contributed by atoms with Crippen LogP contribution in [0.25, 0.3) is 0 Å². The largest absolute Gasteiger partial charge is 0.383 e. The van der Waals surface area contributed by atoms with E-state index in [2.05, 4.69) is 30.2 Å². The molecule has 0 bridgehead atoms. The smallest absolute Gasteiger partial charge is 0.0989 e. The third-order valence-corrected chi connectivity index (χ3v) is 3.83. The summed E-state index contributed by atoms with van der Waals surface area (Å²) in [6.45, 7) is 6.84. The average Bonchev–Trinajstić information content (AvgIpc) is 2.37. The molecule has 0 fully saturated rings. The van der Waals surface area contributed by atoms with E-state index in [1.165, 1.54) is 29.0 Å². The minimum absolute atomic E-state index is 0.747. The van der Waals surface area contributed by atoms with Crippen LogP contribution < -0.4 is 5.32 Å². The summed E-state index contributed by atoms with van der Waals surface area (Å²) in [6, 6.07) is 2.22. The Kier molecular flexibility index (Phi) is 8.05. The van der Waals surface area contributed by atoms with Crippen LogP contribution in [0.15, 0.2) is 17.3 Å². The molecule has 0 spiro atoms. The first-order valence-corrected chi connectivity index (χ1v) is 7.54. The fraction of sp³-hybridized carbons (Fsp3) is 0.643. The summed E-state index contributed by atoms with van der Waals surface area (Å²) in [6.07, 6.45) is 4.47. The Labute approximate surface area is 115 Å². The van der Waals surface area contributed by atoms with Crippen LogP contribution >= 0.6 is 11.8 Å². The molecule has 1 rings (SSSR count). The third-order valence-electron chi connectivity index (χ3n) is 2.64. The van der Waals surface area contributed by atoms with Crippen LogP contribution in [0.3, 0.4) is 0 Å². The number of rotatable bonds is 9. The van der Waals surface area contributed by atoms with Crippen molar-refractivity contribution in [2.24, 2.45) is 0 Å². The zero-order valence-corrected chi connectivity index (χ0v) is 12.5. The zero-order valence-electron chi connectivity index (χ0n) is 11.7. The Morgan fingerprint density at radius 2 is 2.28 bits per heavy atom. The maximum atomic E-state index is 5.00. The van der Waals surface area contributed by atoms with Gasteiger partial charge in [0.1, 0.15) is 0 Å². The van der Waals surface area contributed by atoms with Gasteiger partial charge < -0.3 is 10.1 Å². The normalized spacial score (nSPS) is 10.8. The quantitative estimate of drug-likeness (QED) is 0.551. The van der Waals surface area contributed by atoms with Crippen molar-refractivity contribution in [3.05, 3.63) is 23.4 Å².